The number of aromatic nitrogens is 3. The molecule has 64 heavy (non-hydrogen) atoms. The van der Waals surface area contributed by atoms with Gasteiger partial charge in [0.05, 0.1) is 22.4 Å². The zero-order chi connectivity index (χ0) is 42.8. The summed E-state index contributed by atoms with van der Waals surface area (Å²) >= 11 is 0. The average Bonchev–Trinajstić information content (AvgIpc) is 3.69. The molecule has 5 nitrogen and oxygen atoms in total. The van der Waals surface area contributed by atoms with Gasteiger partial charge in [-0.25, -0.2) is 9.97 Å². The SMILES string of the molecule is Cc1cccc(-c2nc(-c3ccccc3)cc(-c3ccc(-n4c5ccc(N(c6ccccc6)c6ccccc6)cc5c5cc(N(c6ccccc6)c6ccccc6)ccc54)cc3)n2)c1. The third-order valence-corrected chi connectivity index (χ3v) is 11.8. The van der Waals surface area contributed by atoms with E-state index in [1.54, 1.807) is 0 Å². The van der Waals surface area contributed by atoms with Gasteiger partial charge >= 0.3 is 0 Å². The molecule has 0 fully saturated rings. The van der Waals surface area contributed by atoms with Gasteiger partial charge in [0, 0.05) is 67.3 Å². The number of hydrogen-bond acceptors (Lipinski definition) is 4. The number of benzene rings is 9. The highest BCUT2D eigenvalue weighted by atomic mass is 15.1. The Morgan fingerprint density at radius 1 is 0.328 bits per heavy atom. The Morgan fingerprint density at radius 2 is 0.734 bits per heavy atom. The van der Waals surface area contributed by atoms with Crippen LogP contribution in [0.25, 0.3) is 61.4 Å². The molecule has 0 radical (unpaired) electrons. The van der Waals surface area contributed by atoms with Crippen LogP contribution in [0.4, 0.5) is 34.1 Å². The third-order valence-electron chi connectivity index (χ3n) is 11.8. The molecule has 0 saturated heterocycles. The first-order chi connectivity index (χ1) is 31.6. The van der Waals surface area contributed by atoms with Gasteiger partial charge in [-0.1, -0.05) is 139 Å². The summed E-state index contributed by atoms with van der Waals surface area (Å²) in [6, 6.07) is 85.8. The number of hydrogen-bond donors (Lipinski definition) is 0. The van der Waals surface area contributed by atoms with Crippen LogP contribution in [0.3, 0.4) is 0 Å². The van der Waals surface area contributed by atoms with Gasteiger partial charge in [0.25, 0.3) is 0 Å². The van der Waals surface area contributed by atoms with Crippen molar-refractivity contribution in [3.63, 3.8) is 0 Å². The molecule has 0 aliphatic carbocycles. The van der Waals surface area contributed by atoms with Gasteiger partial charge in [-0.2, -0.15) is 0 Å². The third kappa shape index (κ3) is 7.35. The molecule has 0 aliphatic heterocycles. The Kier molecular flexibility index (Phi) is 10.0. The van der Waals surface area contributed by atoms with Crippen LogP contribution in [0.1, 0.15) is 5.56 Å². The van der Waals surface area contributed by atoms with Crippen LogP contribution in [0.2, 0.25) is 0 Å². The van der Waals surface area contributed by atoms with Gasteiger partial charge in [0.1, 0.15) is 0 Å². The second-order valence-electron chi connectivity index (χ2n) is 16.0. The van der Waals surface area contributed by atoms with Crippen molar-refractivity contribution < 1.29 is 0 Å². The largest absolute Gasteiger partial charge is 0.310 e. The molecule has 2 aromatic heterocycles. The molecule has 0 bridgehead atoms. The van der Waals surface area contributed by atoms with Crippen LogP contribution in [-0.2, 0) is 0 Å². The monoisotopic (exact) mass is 821 g/mol. The van der Waals surface area contributed by atoms with Crippen molar-refractivity contribution in [2.24, 2.45) is 0 Å². The highest BCUT2D eigenvalue weighted by Gasteiger charge is 2.20. The van der Waals surface area contributed by atoms with Crippen LogP contribution in [-0.4, -0.2) is 14.5 Å². The van der Waals surface area contributed by atoms with E-state index in [-0.39, 0.29) is 0 Å². The minimum atomic E-state index is 0.707. The van der Waals surface area contributed by atoms with E-state index in [9.17, 15) is 0 Å². The van der Waals surface area contributed by atoms with Gasteiger partial charge < -0.3 is 14.4 Å². The van der Waals surface area contributed by atoms with Gasteiger partial charge in [-0.15, -0.1) is 0 Å². The highest BCUT2D eigenvalue weighted by molar-refractivity contribution is 6.12. The predicted molar refractivity (Wildman–Crippen MR) is 267 cm³/mol. The van der Waals surface area contributed by atoms with E-state index in [2.05, 4.69) is 258 Å². The van der Waals surface area contributed by atoms with E-state index < -0.39 is 0 Å². The first-order valence-corrected chi connectivity index (χ1v) is 21.7. The summed E-state index contributed by atoms with van der Waals surface area (Å²) in [5.41, 5.74) is 15.8. The lowest BCUT2D eigenvalue weighted by molar-refractivity contribution is 1.17. The number of rotatable bonds is 10. The maximum absolute atomic E-state index is 5.16. The van der Waals surface area contributed by atoms with E-state index in [4.69, 9.17) is 9.97 Å². The van der Waals surface area contributed by atoms with Crippen molar-refractivity contribution in [1.82, 2.24) is 14.5 Å². The van der Waals surface area contributed by atoms with Gasteiger partial charge in [0.15, 0.2) is 5.82 Å². The lowest BCUT2D eigenvalue weighted by atomic mass is 10.1. The Labute approximate surface area is 373 Å². The van der Waals surface area contributed by atoms with Crippen LogP contribution < -0.4 is 9.80 Å². The topological polar surface area (TPSA) is 37.2 Å². The number of anilines is 6. The Balaban J connectivity index is 1.09. The molecule has 11 rings (SSSR count). The molecule has 2 heterocycles. The fourth-order valence-electron chi connectivity index (χ4n) is 8.80. The molecule has 0 unspecified atom stereocenters. The molecule has 5 heteroatoms. The zero-order valence-corrected chi connectivity index (χ0v) is 35.3. The molecule has 0 amide bonds. The first kappa shape index (κ1) is 38.4. The summed E-state index contributed by atoms with van der Waals surface area (Å²) in [6.07, 6.45) is 0. The fourth-order valence-corrected chi connectivity index (χ4v) is 8.80. The van der Waals surface area contributed by atoms with E-state index in [1.807, 2.05) is 6.07 Å². The van der Waals surface area contributed by atoms with E-state index in [1.165, 1.54) is 5.56 Å². The number of aryl methyl sites for hydroxylation is 1. The molecular formula is C59H43N5. The molecule has 0 N–H and O–H groups in total. The van der Waals surface area contributed by atoms with Crippen molar-refractivity contribution in [3.05, 3.63) is 248 Å². The van der Waals surface area contributed by atoms with Crippen LogP contribution >= 0.6 is 0 Å². The Morgan fingerprint density at radius 3 is 1.17 bits per heavy atom. The first-order valence-electron chi connectivity index (χ1n) is 21.7. The number of para-hydroxylation sites is 4. The van der Waals surface area contributed by atoms with E-state index in [0.29, 0.717) is 5.82 Å². The highest BCUT2D eigenvalue weighted by Crippen LogP contribution is 2.43. The van der Waals surface area contributed by atoms with Crippen LogP contribution in [0, 0.1) is 6.92 Å². The van der Waals surface area contributed by atoms with E-state index in [0.717, 1.165) is 89.7 Å². The van der Waals surface area contributed by atoms with Crippen molar-refractivity contribution >= 4 is 55.9 Å². The Hall–Kier alpha value is -8.54. The molecule has 0 saturated carbocycles. The normalized spacial score (nSPS) is 11.2. The minimum Gasteiger partial charge on any atom is -0.310 e. The summed E-state index contributed by atoms with van der Waals surface area (Å²) in [5, 5.41) is 2.31. The standard InChI is InChI=1S/C59H43N5/c1-42-18-17-21-45(38-42)59-60-55(43-19-7-2-8-20-43)41-56(61-59)44-30-32-50(33-31-44)64-57-36-34-51(62(46-22-9-3-10-23-46)47-24-11-4-12-25-47)39-53(57)54-40-52(35-37-58(54)64)63(48-26-13-5-14-27-48)49-28-15-6-16-29-49/h2-41H,1H3. The summed E-state index contributed by atoms with van der Waals surface area (Å²) in [4.78, 5) is 14.9. The lowest BCUT2D eigenvalue weighted by Crippen LogP contribution is -2.09. The lowest BCUT2D eigenvalue weighted by Gasteiger charge is -2.26. The zero-order valence-electron chi connectivity index (χ0n) is 35.3. The summed E-state index contributed by atoms with van der Waals surface area (Å²) < 4.78 is 2.39. The fraction of sp³-hybridized carbons (Fsp3) is 0.0169. The molecular weight excluding hydrogens is 779 g/mol. The van der Waals surface area contributed by atoms with Crippen molar-refractivity contribution in [2.75, 3.05) is 9.80 Å². The minimum absolute atomic E-state index is 0.707. The molecule has 304 valence electrons. The summed E-state index contributed by atoms with van der Waals surface area (Å²) in [6.45, 7) is 2.10. The van der Waals surface area contributed by atoms with Crippen molar-refractivity contribution in [1.29, 1.82) is 0 Å². The maximum Gasteiger partial charge on any atom is 0.160 e. The number of fused-ring (bicyclic) bond motifs is 3. The van der Waals surface area contributed by atoms with Gasteiger partial charge in [-0.3, -0.25) is 0 Å². The summed E-state index contributed by atoms with van der Waals surface area (Å²) in [5.74, 6) is 0.707. The van der Waals surface area contributed by atoms with Crippen LogP contribution in [0.15, 0.2) is 243 Å². The Bertz CT molecular complexity index is 3150. The quantitative estimate of drug-likeness (QED) is 0.138. The second kappa shape index (κ2) is 16.7. The molecule has 0 aliphatic rings. The van der Waals surface area contributed by atoms with Crippen molar-refractivity contribution in [3.8, 4) is 39.6 Å². The van der Waals surface area contributed by atoms with Crippen LogP contribution in [0.5, 0.6) is 0 Å². The second-order valence-corrected chi connectivity index (χ2v) is 16.0. The molecule has 0 spiro atoms. The molecule has 0 atom stereocenters. The van der Waals surface area contributed by atoms with Crippen molar-refractivity contribution in [2.45, 2.75) is 6.92 Å². The smallest absolute Gasteiger partial charge is 0.160 e. The average molecular weight is 822 g/mol. The maximum atomic E-state index is 5.16. The molecule has 11 aromatic rings. The molecule has 9 aromatic carbocycles. The van der Waals surface area contributed by atoms with Gasteiger partial charge in [0.2, 0.25) is 0 Å². The van der Waals surface area contributed by atoms with Gasteiger partial charge in [-0.05, 0) is 116 Å². The summed E-state index contributed by atoms with van der Waals surface area (Å²) in [7, 11) is 0. The predicted octanol–water partition coefficient (Wildman–Crippen LogP) is 15.8. The number of nitrogens with zero attached hydrogens (tertiary/aromatic N) is 5. The van der Waals surface area contributed by atoms with E-state index >= 15 is 0 Å².